The summed E-state index contributed by atoms with van der Waals surface area (Å²) < 4.78 is 16.1. The van der Waals surface area contributed by atoms with E-state index >= 15 is 0 Å². The lowest BCUT2D eigenvalue weighted by molar-refractivity contribution is 0.475. The van der Waals surface area contributed by atoms with Crippen LogP contribution in [0, 0.1) is 6.92 Å². The van der Waals surface area contributed by atoms with Gasteiger partial charge in [0.05, 0.1) is 12.2 Å². The van der Waals surface area contributed by atoms with Gasteiger partial charge in [-0.15, -0.1) is 0 Å². The topological polar surface area (TPSA) is 39.3 Å². The first-order chi connectivity index (χ1) is 10.1. The molecule has 0 N–H and O–H groups in total. The van der Waals surface area contributed by atoms with Gasteiger partial charge in [-0.3, -0.25) is 9.20 Å². The molecule has 3 rings (SSSR count). The largest absolute Gasteiger partial charge is 0.310 e. The van der Waals surface area contributed by atoms with Gasteiger partial charge < -0.3 is 4.57 Å². The van der Waals surface area contributed by atoms with E-state index in [1.165, 1.54) is 10.5 Å². The molecule has 0 saturated carbocycles. The highest BCUT2D eigenvalue weighted by Crippen LogP contribution is 2.14. The van der Waals surface area contributed by atoms with Crippen molar-refractivity contribution in [2.24, 2.45) is 0 Å². The van der Waals surface area contributed by atoms with E-state index in [9.17, 15) is 9.18 Å². The Balaban J connectivity index is 2.13. The maximum atomic E-state index is 12.8. The zero-order valence-corrected chi connectivity index (χ0v) is 12.1. The van der Waals surface area contributed by atoms with Gasteiger partial charge in [-0.05, 0) is 24.6 Å². The van der Waals surface area contributed by atoms with Crippen LogP contribution in [0.2, 0.25) is 5.02 Å². The highest BCUT2D eigenvalue weighted by Gasteiger charge is 2.11. The number of aromatic nitrogens is 3. The summed E-state index contributed by atoms with van der Waals surface area (Å²) in [5.41, 5.74) is 1.78. The smallest absolute Gasteiger partial charge is 0.259 e. The molecule has 0 spiro atoms. The predicted molar refractivity (Wildman–Crippen MR) is 79.6 cm³/mol. The van der Waals surface area contributed by atoms with Crippen LogP contribution >= 0.6 is 11.6 Å². The van der Waals surface area contributed by atoms with Crippen molar-refractivity contribution in [1.82, 2.24) is 14.0 Å². The zero-order valence-electron chi connectivity index (χ0n) is 11.4. The van der Waals surface area contributed by atoms with Crippen LogP contribution in [-0.2, 0) is 13.2 Å². The summed E-state index contributed by atoms with van der Waals surface area (Å²) >= 11 is 5.87. The summed E-state index contributed by atoms with van der Waals surface area (Å²) in [5, 5.41) is 0.668. The molecule has 0 fully saturated rings. The molecule has 3 aromatic rings. The first kappa shape index (κ1) is 13.8. The number of aryl methyl sites for hydroxylation is 1. The minimum Gasteiger partial charge on any atom is -0.310 e. The van der Waals surface area contributed by atoms with Gasteiger partial charge in [0.15, 0.2) is 0 Å². The first-order valence-corrected chi connectivity index (χ1v) is 6.85. The van der Waals surface area contributed by atoms with Gasteiger partial charge >= 0.3 is 0 Å². The number of nitrogens with zero attached hydrogens (tertiary/aromatic N) is 3. The number of hydrogen-bond donors (Lipinski definition) is 0. The fourth-order valence-corrected chi connectivity index (χ4v) is 2.41. The summed E-state index contributed by atoms with van der Waals surface area (Å²) in [5.74, 6) is 0.447. The van der Waals surface area contributed by atoms with Crippen LogP contribution in [0.25, 0.3) is 5.78 Å². The van der Waals surface area contributed by atoms with Crippen LogP contribution in [-0.4, -0.2) is 14.0 Å². The summed E-state index contributed by atoms with van der Waals surface area (Å²) in [4.78, 5) is 16.2. The van der Waals surface area contributed by atoms with Crippen molar-refractivity contribution in [2.45, 2.75) is 20.1 Å². The highest BCUT2D eigenvalue weighted by atomic mass is 35.5. The van der Waals surface area contributed by atoms with Crippen LogP contribution in [0.3, 0.4) is 0 Å². The summed E-state index contributed by atoms with van der Waals surface area (Å²) in [7, 11) is 0. The number of alkyl halides is 1. The maximum Gasteiger partial charge on any atom is 0.259 e. The molecule has 0 aliphatic heterocycles. The quantitative estimate of drug-likeness (QED) is 0.746. The van der Waals surface area contributed by atoms with E-state index in [0.29, 0.717) is 17.3 Å². The van der Waals surface area contributed by atoms with E-state index in [1.807, 2.05) is 35.8 Å². The Morgan fingerprint density at radius 3 is 2.67 bits per heavy atom. The second-order valence-corrected chi connectivity index (χ2v) is 5.31. The van der Waals surface area contributed by atoms with Crippen molar-refractivity contribution in [3.63, 3.8) is 0 Å². The minimum absolute atomic E-state index is 0.149. The Labute approximate surface area is 125 Å². The van der Waals surface area contributed by atoms with Crippen LogP contribution in [0.15, 0.2) is 41.3 Å². The molecule has 0 unspecified atom stereocenters. The fourth-order valence-electron chi connectivity index (χ4n) is 2.29. The molecule has 1 aromatic carbocycles. The Bertz CT molecular complexity index is 852. The monoisotopic (exact) mass is 305 g/mol. The normalized spacial score (nSPS) is 11.2. The van der Waals surface area contributed by atoms with Crippen molar-refractivity contribution < 1.29 is 4.39 Å². The molecule has 0 bridgehead atoms. The average Bonchev–Trinajstić information content (AvgIpc) is 2.78. The Morgan fingerprint density at radius 2 is 2.00 bits per heavy atom. The molecule has 2 aromatic heterocycles. The van der Waals surface area contributed by atoms with Crippen molar-refractivity contribution in [3.05, 3.63) is 68.9 Å². The first-order valence-electron chi connectivity index (χ1n) is 6.47. The van der Waals surface area contributed by atoms with Crippen LogP contribution in [0.5, 0.6) is 0 Å². The summed E-state index contributed by atoms with van der Waals surface area (Å²) in [6, 6.07) is 8.67. The maximum absolute atomic E-state index is 12.8. The molecular weight excluding hydrogens is 293 g/mol. The molecule has 0 aliphatic carbocycles. The van der Waals surface area contributed by atoms with E-state index in [-0.39, 0.29) is 11.3 Å². The second kappa shape index (κ2) is 5.33. The van der Waals surface area contributed by atoms with Gasteiger partial charge in [0.25, 0.3) is 5.56 Å². The van der Waals surface area contributed by atoms with E-state index in [1.54, 1.807) is 6.20 Å². The molecular formula is C15H13ClFN3O. The Kier molecular flexibility index (Phi) is 3.51. The van der Waals surface area contributed by atoms with Crippen molar-refractivity contribution in [3.8, 4) is 0 Å². The van der Waals surface area contributed by atoms with E-state index in [2.05, 4.69) is 4.98 Å². The molecule has 21 heavy (non-hydrogen) atoms. The standard InChI is InChI=1S/C15H13ClFN3O/c1-10-8-20-14(21)6-13(7-17)18-15(20)19(10)9-11-2-4-12(16)5-3-11/h2-6,8H,7,9H2,1H3. The molecule has 0 saturated heterocycles. The van der Waals surface area contributed by atoms with Gasteiger partial charge in [0.1, 0.15) is 6.67 Å². The highest BCUT2D eigenvalue weighted by molar-refractivity contribution is 6.30. The SMILES string of the molecule is Cc1cn2c(=O)cc(CF)nc2n1Cc1ccc(Cl)cc1. The van der Waals surface area contributed by atoms with E-state index in [0.717, 1.165) is 11.3 Å². The zero-order chi connectivity index (χ0) is 15.0. The molecule has 2 heterocycles. The molecule has 4 nitrogen and oxygen atoms in total. The number of benzene rings is 1. The molecule has 108 valence electrons. The van der Waals surface area contributed by atoms with E-state index in [4.69, 9.17) is 11.6 Å². The van der Waals surface area contributed by atoms with Crippen molar-refractivity contribution in [2.75, 3.05) is 0 Å². The second-order valence-electron chi connectivity index (χ2n) is 4.87. The molecule has 0 amide bonds. The van der Waals surface area contributed by atoms with E-state index < -0.39 is 6.67 Å². The fraction of sp³-hybridized carbons (Fsp3) is 0.200. The third-order valence-corrected chi connectivity index (χ3v) is 3.61. The van der Waals surface area contributed by atoms with Crippen molar-refractivity contribution in [1.29, 1.82) is 0 Å². The van der Waals surface area contributed by atoms with Gasteiger partial charge in [0, 0.05) is 23.0 Å². The van der Waals surface area contributed by atoms with Crippen LogP contribution < -0.4 is 5.56 Å². The van der Waals surface area contributed by atoms with Gasteiger partial charge in [-0.2, -0.15) is 0 Å². The summed E-state index contributed by atoms with van der Waals surface area (Å²) in [6.45, 7) is 1.68. The lowest BCUT2D eigenvalue weighted by atomic mass is 10.2. The lowest BCUT2D eigenvalue weighted by Crippen LogP contribution is -2.15. The molecule has 0 radical (unpaired) electrons. The number of hydrogen-bond acceptors (Lipinski definition) is 2. The third-order valence-electron chi connectivity index (χ3n) is 3.36. The minimum atomic E-state index is -0.753. The number of fused-ring (bicyclic) bond motifs is 1. The average molecular weight is 306 g/mol. The van der Waals surface area contributed by atoms with Crippen LogP contribution in [0.1, 0.15) is 17.0 Å². The van der Waals surface area contributed by atoms with Gasteiger partial charge in [-0.25, -0.2) is 9.37 Å². The van der Waals surface area contributed by atoms with Crippen molar-refractivity contribution >= 4 is 17.4 Å². The molecule has 0 aliphatic rings. The van der Waals surface area contributed by atoms with Gasteiger partial charge in [-0.1, -0.05) is 23.7 Å². The Morgan fingerprint density at radius 1 is 1.29 bits per heavy atom. The summed E-state index contributed by atoms with van der Waals surface area (Å²) in [6.07, 6.45) is 1.71. The Hall–Kier alpha value is -2.14. The number of halogens is 2. The lowest BCUT2D eigenvalue weighted by Gasteiger charge is -2.07. The van der Waals surface area contributed by atoms with Gasteiger partial charge in [0.2, 0.25) is 5.78 Å². The third kappa shape index (κ3) is 2.56. The van der Waals surface area contributed by atoms with Crippen LogP contribution in [0.4, 0.5) is 4.39 Å². The number of rotatable bonds is 3. The number of imidazole rings is 1. The molecule has 6 heteroatoms. The molecule has 0 atom stereocenters. The predicted octanol–water partition coefficient (Wildman–Crippen LogP) is 2.98.